The molecular formula is C22H23N3O3S. The van der Waals surface area contributed by atoms with Crippen molar-refractivity contribution in [1.29, 1.82) is 0 Å². The summed E-state index contributed by atoms with van der Waals surface area (Å²) in [5.41, 5.74) is 2.76. The third-order valence-corrected chi connectivity index (χ3v) is 6.43. The molecule has 1 spiro atoms. The number of nitrogens with one attached hydrogen (secondary N) is 1. The third-order valence-electron chi connectivity index (χ3n) is 5.45. The van der Waals surface area contributed by atoms with E-state index in [0.29, 0.717) is 11.5 Å². The van der Waals surface area contributed by atoms with Crippen molar-refractivity contribution in [2.75, 3.05) is 11.1 Å². The Bertz CT molecular complexity index is 1070. The molecule has 2 aliphatic rings. The molecule has 2 heterocycles. The topological polar surface area (TPSA) is 65.4 Å². The SMILES string of the molecule is CCn1c(SCC(=O)Nc2ccc3c(c2)OC2(CCCC2)O3)nc2ccccc21. The molecule has 2 aromatic carbocycles. The lowest BCUT2D eigenvalue weighted by Gasteiger charge is -2.21. The lowest BCUT2D eigenvalue weighted by atomic mass is 10.2. The number of para-hydroxylation sites is 2. The summed E-state index contributed by atoms with van der Waals surface area (Å²) in [7, 11) is 0. The normalized spacial score (nSPS) is 16.6. The zero-order chi connectivity index (χ0) is 19.8. The Morgan fingerprint density at radius 2 is 1.97 bits per heavy atom. The lowest BCUT2D eigenvalue weighted by Crippen LogP contribution is -2.34. The number of rotatable bonds is 5. The minimum absolute atomic E-state index is 0.0702. The van der Waals surface area contributed by atoms with Gasteiger partial charge in [-0.3, -0.25) is 4.79 Å². The molecule has 0 bridgehead atoms. The molecule has 1 aliphatic heterocycles. The molecular weight excluding hydrogens is 386 g/mol. The number of amides is 1. The largest absolute Gasteiger partial charge is 0.448 e. The number of carbonyl (C=O) groups is 1. The van der Waals surface area contributed by atoms with Crippen LogP contribution in [-0.2, 0) is 11.3 Å². The summed E-state index contributed by atoms with van der Waals surface area (Å²) in [5, 5.41) is 3.82. The lowest BCUT2D eigenvalue weighted by molar-refractivity contribution is -0.113. The molecule has 1 amide bonds. The maximum absolute atomic E-state index is 12.5. The molecule has 1 saturated carbocycles. The summed E-state index contributed by atoms with van der Waals surface area (Å²) in [6.07, 6.45) is 4.07. The van der Waals surface area contributed by atoms with Crippen LogP contribution in [0.25, 0.3) is 11.0 Å². The van der Waals surface area contributed by atoms with Crippen LogP contribution in [0.1, 0.15) is 32.6 Å². The highest BCUT2D eigenvalue weighted by Crippen LogP contribution is 2.47. The van der Waals surface area contributed by atoms with Crippen LogP contribution in [0.5, 0.6) is 11.5 Å². The fraction of sp³-hybridized carbons (Fsp3) is 0.364. The number of aromatic nitrogens is 2. The van der Waals surface area contributed by atoms with Gasteiger partial charge in [-0.1, -0.05) is 23.9 Å². The Hall–Kier alpha value is -2.67. The van der Waals surface area contributed by atoms with E-state index in [1.54, 1.807) is 0 Å². The summed E-state index contributed by atoms with van der Waals surface area (Å²) in [6.45, 7) is 2.90. The molecule has 29 heavy (non-hydrogen) atoms. The van der Waals surface area contributed by atoms with Gasteiger partial charge in [0.15, 0.2) is 16.7 Å². The summed E-state index contributed by atoms with van der Waals surface area (Å²) >= 11 is 1.45. The molecule has 7 heteroatoms. The quantitative estimate of drug-likeness (QED) is 0.612. The summed E-state index contributed by atoms with van der Waals surface area (Å²) < 4.78 is 14.2. The zero-order valence-electron chi connectivity index (χ0n) is 16.3. The molecule has 6 nitrogen and oxygen atoms in total. The number of thioether (sulfide) groups is 1. The monoisotopic (exact) mass is 409 g/mol. The van der Waals surface area contributed by atoms with Crippen molar-refractivity contribution in [2.24, 2.45) is 0 Å². The van der Waals surface area contributed by atoms with E-state index >= 15 is 0 Å². The number of benzene rings is 2. The molecule has 0 atom stereocenters. The zero-order valence-corrected chi connectivity index (χ0v) is 17.1. The highest BCUT2D eigenvalue weighted by molar-refractivity contribution is 7.99. The number of fused-ring (bicyclic) bond motifs is 2. The smallest absolute Gasteiger partial charge is 0.251 e. The predicted octanol–water partition coefficient (Wildman–Crippen LogP) is 4.83. The van der Waals surface area contributed by atoms with Gasteiger partial charge in [-0.2, -0.15) is 0 Å². The second-order valence-electron chi connectivity index (χ2n) is 7.45. The van der Waals surface area contributed by atoms with Crippen LogP contribution in [0, 0.1) is 0 Å². The van der Waals surface area contributed by atoms with Crippen molar-refractivity contribution in [1.82, 2.24) is 9.55 Å². The Morgan fingerprint density at radius 3 is 2.79 bits per heavy atom. The maximum Gasteiger partial charge on any atom is 0.251 e. The average Bonchev–Trinajstić information content (AvgIpc) is 3.42. The standard InChI is InChI=1S/C22H23N3O3S/c1-2-25-17-8-4-3-7-16(17)24-21(25)29-14-20(26)23-15-9-10-18-19(13-15)28-22(27-18)11-5-6-12-22/h3-4,7-10,13H,2,5-6,11-12,14H2,1H3,(H,23,26). The van der Waals surface area contributed by atoms with E-state index in [4.69, 9.17) is 9.47 Å². The van der Waals surface area contributed by atoms with Crippen molar-refractivity contribution < 1.29 is 14.3 Å². The maximum atomic E-state index is 12.5. The van der Waals surface area contributed by atoms with E-state index < -0.39 is 5.79 Å². The van der Waals surface area contributed by atoms with Crippen molar-refractivity contribution in [3.8, 4) is 11.5 Å². The van der Waals surface area contributed by atoms with Gasteiger partial charge >= 0.3 is 0 Å². The number of aryl methyl sites for hydroxylation is 1. The molecule has 1 aliphatic carbocycles. The van der Waals surface area contributed by atoms with Crippen LogP contribution in [-0.4, -0.2) is 27.0 Å². The van der Waals surface area contributed by atoms with Crippen LogP contribution in [0.3, 0.4) is 0 Å². The molecule has 150 valence electrons. The number of imidazole rings is 1. The van der Waals surface area contributed by atoms with E-state index in [9.17, 15) is 4.79 Å². The molecule has 0 unspecified atom stereocenters. The number of nitrogens with zero attached hydrogens (tertiary/aromatic N) is 2. The molecule has 1 fully saturated rings. The highest BCUT2D eigenvalue weighted by atomic mass is 32.2. The summed E-state index contributed by atoms with van der Waals surface area (Å²) in [6, 6.07) is 13.6. The van der Waals surface area contributed by atoms with Crippen LogP contribution >= 0.6 is 11.8 Å². The van der Waals surface area contributed by atoms with E-state index in [1.807, 2.05) is 36.4 Å². The van der Waals surface area contributed by atoms with Crippen LogP contribution in [0.15, 0.2) is 47.6 Å². The molecule has 3 aromatic rings. The third kappa shape index (κ3) is 3.44. The van der Waals surface area contributed by atoms with Gasteiger partial charge in [0.1, 0.15) is 0 Å². The first-order valence-corrected chi connectivity index (χ1v) is 11.0. The second kappa shape index (κ2) is 7.30. The predicted molar refractivity (Wildman–Crippen MR) is 114 cm³/mol. The first kappa shape index (κ1) is 18.4. The summed E-state index contributed by atoms with van der Waals surface area (Å²) in [5.74, 6) is 1.21. The van der Waals surface area contributed by atoms with Gasteiger partial charge in [-0.05, 0) is 44.0 Å². The van der Waals surface area contributed by atoms with E-state index in [0.717, 1.165) is 59.9 Å². The minimum Gasteiger partial charge on any atom is -0.448 e. The van der Waals surface area contributed by atoms with E-state index in [-0.39, 0.29) is 5.91 Å². The average molecular weight is 410 g/mol. The molecule has 0 radical (unpaired) electrons. The van der Waals surface area contributed by atoms with E-state index in [1.165, 1.54) is 11.8 Å². The Labute approximate surface area is 173 Å². The number of hydrogen-bond acceptors (Lipinski definition) is 5. The molecule has 1 aromatic heterocycles. The Balaban J connectivity index is 1.24. The minimum atomic E-state index is -0.486. The summed E-state index contributed by atoms with van der Waals surface area (Å²) in [4.78, 5) is 17.2. The first-order valence-electron chi connectivity index (χ1n) is 10.1. The van der Waals surface area contributed by atoms with Crippen molar-refractivity contribution in [2.45, 2.75) is 50.1 Å². The van der Waals surface area contributed by atoms with Gasteiger partial charge in [0.2, 0.25) is 5.91 Å². The Kier molecular flexibility index (Phi) is 4.62. The van der Waals surface area contributed by atoms with Gasteiger partial charge < -0.3 is 19.4 Å². The molecule has 0 saturated heterocycles. The number of anilines is 1. The van der Waals surface area contributed by atoms with Crippen molar-refractivity contribution in [3.05, 3.63) is 42.5 Å². The van der Waals surface area contributed by atoms with Gasteiger partial charge in [0.25, 0.3) is 5.79 Å². The Morgan fingerprint density at radius 1 is 1.17 bits per heavy atom. The van der Waals surface area contributed by atoms with Gasteiger partial charge in [0, 0.05) is 31.1 Å². The van der Waals surface area contributed by atoms with Gasteiger partial charge in [-0.25, -0.2) is 4.98 Å². The van der Waals surface area contributed by atoms with E-state index in [2.05, 4.69) is 27.9 Å². The van der Waals surface area contributed by atoms with Crippen LogP contribution in [0.4, 0.5) is 5.69 Å². The van der Waals surface area contributed by atoms with Gasteiger partial charge in [0.05, 0.1) is 16.8 Å². The van der Waals surface area contributed by atoms with Crippen molar-refractivity contribution in [3.63, 3.8) is 0 Å². The number of carbonyl (C=O) groups excluding carboxylic acids is 1. The van der Waals surface area contributed by atoms with Crippen LogP contribution < -0.4 is 14.8 Å². The second-order valence-corrected chi connectivity index (χ2v) is 8.39. The number of hydrogen-bond donors (Lipinski definition) is 1. The fourth-order valence-corrected chi connectivity index (χ4v) is 4.96. The van der Waals surface area contributed by atoms with Gasteiger partial charge in [-0.15, -0.1) is 0 Å². The first-order chi connectivity index (χ1) is 14.2. The number of ether oxygens (including phenoxy) is 2. The fourth-order valence-electron chi connectivity index (χ4n) is 4.09. The van der Waals surface area contributed by atoms with Crippen LogP contribution in [0.2, 0.25) is 0 Å². The molecule has 1 N–H and O–H groups in total. The highest BCUT2D eigenvalue weighted by Gasteiger charge is 2.44. The molecule has 5 rings (SSSR count). The van der Waals surface area contributed by atoms with Crippen molar-refractivity contribution >= 4 is 34.4 Å².